The zero-order valence-corrected chi connectivity index (χ0v) is 10.6. The average molecular weight is 235 g/mol. The fourth-order valence-corrected chi connectivity index (χ4v) is 1.89. The fraction of sp³-hybridized carbons (Fsp3) is 0.615. The van der Waals surface area contributed by atoms with Gasteiger partial charge in [0, 0.05) is 5.28 Å². The van der Waals surface area contributed by atoms with Crippen molar-refractivity contribution in [3.8, 4) is 0 Å². The van der Waals surface area contributed by atoms with Crippen molar-refractivity contribution in [2.75, 3.05) is 7.11 Å². The smallest absolute Gasteiger partial charge is 0.108 e. The van der Waals surface area contributed by atoms with Gasteiger partial charge in [-0.25, -0.2) is 0 Å². The minimum Gasteiger partial charge on any atom is -0.381 e. The summed E-state index contributed by atoms with van der Waals surface area (Å²) < 4.78 is 0. The van der Waals surface area contributed by atoms with Gasteiger partial charge in [0.1, 0.15) is 7.11 Å². The van der Waals surface area contributed by atoms with E-state index >= 15 is 0 Å². The minimum absolute atomic E-state index is 0.934. The van der Waals surface area contributed by atoms with Crippen molar-refractivity contribution in [1.29, 1.82) is 0 Å². The first-order valence-electron chi connectivity index (χ1n) is 6.16. The van der Waals surface area contributed by atoms with Crippen LogP contribution in [0.25, 0.3) is 0 Å². The van der Waals surface area contributed by atoms with Gasteiger partial charge in [0.05, 0.1) is 6.21 Å². The van der Waals surface area contributed by atoms with E-state index in [0.717, 1.165) is 11.8 Å². The first-order valence-corrected chi connectivity index (χ1v) is 6.16. The molecule has 94 valence electrons. The summed E-state index contributed by atoms with van der Waals surface area (Å²) in [4.78, 5) is 4.36. The van der Waals surface area contributed by atoms with E-state index in [1.165, 1.54) is 32.8 Å². The SMILES string of the molecule is CCCC1CC1C/C=C/C=C/C=N/N=N/OC. The number of hydrogen-bond donors (Lipinski definition) is 0. The Morgan fingerprint density at radius 3 is 2.88 bits per heavy atom. The summed E-state index contributed by atoms with van der Waals surface area (Å²) in [7, 11) is 1.43. The van der Waals surface area contributed by atoms with Crippen molar-refractivity contribution >= 4 is 6.21 Å². The van der Waals surface area contributed by atoms with E-state index in [0.29, 0.717) is 0 Å². The van der Waals surface area contributed by atoms with E-state index in [1.807, 2.05) is 12.2 Å². The van der Waals surface area contributed by atoms with Crippen molar-refractivity contribution in [3.05, 3.63) is 24.3 Å². The van der Waals surface area contributed by atoms with Gasteiger partial charge in [0.25, 0.3) is 0 Å². The van der Waals surface area contributed by atoms with Gasteiger partial charge in [0.2, 0.25) is 0 Å². The Labute approximate surface area is 103 Å². The minimum atomic E-state index is 0.934. The van der Waals surface area contributed by atoms with Crippen LogP contribution in [0.3, 0.4) is 0 Å². The Morgan fingerprint density at radius 2 is 2.12 bits per heavy atom. The molecule has 0 spiro atoms. The lowest BCUT2D eigenvalue weighted by atomic mass is 10.1. The Balaban J connectivity index is 2.04. The lowest BCUT2D eigenvalue weighted by Gasteiger charge is -1.92. The average Bonchev–Trinajstić information content (AvgIpc) is 3.06. The fourth-order valence-electron chi connectivity index (χ4n) is 1.89. The molecule has 1 aliphatic carbocycles. The Kier molecular flexibility index (Phi) is 6.95. The van der Waals surface area contributed by atoms with Gasteiger partial charge in [-0.2, -0.15) is 0 Å². The second kappa shape index (κ2) is 8.67. The van der Waals surface area contributed by atoms with Crippen LogP contribution in [0.1, 0.15) is 32.6 Å². The monoisotopic (exact) mass is 235 g/mol. The second-order valence-corrected chi connectivity index (χ2v) is 4.21. The van der Waals surface area contributed by atoms with Gasteiger partial charge < -0.3 is 4.84 Å². The van der Waals surface area contributed by atoms with E-state index in [-0.39, 0.29) is 0 Å². The van der Waals surface area contributed by atoms with Crippen LogP contribution >= 0.6 is 0 Å². The van der Waals surface area contributed by atoms with E-state index < -0.39 is 0 Å². The predicted octanol–water partition coefficient (Wildman–Crippen LogP) is 3.92. The first-order chi connectivity index (χ1) is 8.38. The topological polar surface area (TPSA) is 46.3 Å². The van der Waals surface area contributed by atoms with Crippen molar-refractivity contribution in [2.45, 2.75) is 32.6 Å². The highest BCUT2D eigenvalue weighted by Gasteiger charge is 2.34. The first kappa shape index (κ1) is 13.6. The molecule has 1 fully saturated rings. The quantitative estimate of drug-likeness (QED) is 0.272. The molecule has 0 aromatic heterocycles. The van der Waals surface area contributed by atoms with Crippen molar-refractivity contribution in [2.24, 2.45) is 27.4 Å². The van der Waals surface area contributed by atoms with Crippen molar-refractivity contribution in [1.82, 2.24) is 0 Å². The molecular weight excluding hydrogens is 214 g/mol. The third kappa shape index (κ3) is 6.66. The number of allylic oxidation sites excluding steroid dienone is 4. The van der Waals surface area contributed by atoms with Crippen LogP contribution in [0.15, 0.2) is 39.9 Å². The molecule has 0 heterocycles. The van der Waals surface area contributed by atoms with Gasteiger partial charge in [0.15, 0.2) is 0 Å². The van der Waals surface area contributed by atoms with Crippen molar-refractivity contribution < 1.29 is 4.84 Å². The third-order valence-electron chi connectivity index (χ3n) is 2.85. The molecule has 0 aromatic rings. The van der Waals surface area contributed by atoms with Crippen LogP contribution in [0.4, 0.5) is 0 Å². The molecular formula is C13H21N3O. The van der Waals surface area contributed by atoms with Crippen LogP contribution in [0.5, 0.6) is 0 Å². The normalized spacial score (nSPS) is 24.6. The molecule has 0 saturated heterocycles. The maximum absolute atomic E-state index is 4.36. The molecule has 2 unspecified atom stereocenters. The molecule has 2 atom stereocenters. The maximum atomic E-state index is 4.36. The lowest BCUT2D eigenvalue weighted by molar-refractivity contribution is 0.186. The number of hydrogen-bond acceptors (Lipinski definition) is 3. The van der Waals surface area contributed by atoms with Gasteiger partial charge in [-0.15, -0.1) is 5.10 Å². The van der Waals surface area contributed by atoms with Gasteiger partial charge in [-0.3, -0.25) is 0 Å². The molecule has 0 aromatic carbocycles. The van der Waals surface area contributed by atoms with Crippen molar-refractivity contribution in [3.63, 3.8) is 0 Å². The highest BCUT2D eigenvalue weighted by atomic mass is 16.6. The van der Waals surface area contributed by atoms with E-state index in [2.05, 4.69) is 39.5 Å². The molecule has 4 heteroatoms. The van der Waals surface area contributed by atoms with Crippen LogP contribution in [-0.4, -0.2) is 13.3 Å². The lowest BCUT2D eigenvalue weighted by Crippen LogP contribution is -1.79. The molecule has 0 radical (unpaired) electrons. The molecule has 0 bridgehead atoms. The highest BCUT2D eigenvalue weighted by molar-refractivity contribution is 5.71. The maximum Gasteiger partial charge on any atom is 0.108 e. The third-order valence-corrected chi connectivity index (χ3v) is 2.85. The summed E-state index contributed by atoms with van der Waals surface area (Å²) in [5.74, 6) is 1.92. The summed E-state index contributed by atoms with van der Waals surface area (Å²) in [6, 6.07) is 0. The summed E-state index contributed by atoms with van der Waals surface area (Å²) in [5, 5.41) is 10.2. The number of nitrogens with zero attached hydrogens (tertiary/aromatic N) is 3. The number of rotatable bonds is 8. The Hall–Kier alpha value is -1.45. The van der Waals surface area contributed by atoms with E-state index in [4.69, 9.17) is 0 Å². The van der Waals surface area contributed by atoms with E-state index in [9.17, 15) is 0 Å². The second-order valence-electron chi connectivity index (χ2n) is 4.21. The summed E-state index contributed by atoms with van der Waals surface area (Å²) in [6.07, 6.45) is 15.0. The summed E-state index contributed by atoms with van der Waals surface area (Å²) in [6.45, 7) is 2.26. The molecule has 0 amide bonds. The van der Waals surface area contributed by atoms with Crippen LogP contribution in [-0.2, 0) is 4.84 Å². The molecule has 0 aliphatic heterocycles. The van der Waals surface area contributed by atoms with Gasteiger partial charge in [-0.05, 0) is 36.0 Å². The highest BCUT2D eigenvalue weighted by Crippen LogP contribution is 2.44. The molecule has 1 aliphatic rings. The molecule has 17 heavy (non-hydrogen) atoms. The summed E-state index contributed by atoms with van der Waals surface area (Å²) >= 11 is 0. The van der Waals surface area contributed by atoms with E-state index in [1.54, 1.807) is 6.21 Å². The largest absolute Gasteiger partial charge is 0.381 e. The zero-order valence-electron chi connectivity index (χ0n) is 10.6. The Morgan fingerprint density at radius 1 is 1.24 bits per heavy atom. The van der Waals surface area contributed by atoms with Crippen LogP contribution in [0.2, 0.25) is 0 Å². The molecule has 1 saturated carbocycles. The van der Waals surface area contributed by atoms with Gasteiger partial charge in [-0.1, -0.05) is 38.0 Å². The van der Waals surface area contributed by atoms with Gasteiger partial charge >= 0.3 is 0 Å². The standard InChI is InChI=1S/C13H21N3O/c1-3-8-12-11-13(12)9-6-4-5-7-10-14-15-16-17-2/h4-7,10,12-13H,3,8-9,11H2,1-2H3/b6-4+,7-5+,14-10+,16-15+. The predicted molar refractivity (Wildman–Crippen MR) is 69.8 cm³/mol. The molecule has 1 rings (SSSR count). The summed E-state index contributed by atoms with van der Waals surface area (Å²) in [5.41, 5.74) is 0. The van der Waals surface area contributed by atoms with Crippen LogP contribution in [0, 0.1) is 11.8 Å². The van der Waals surface area contributed by atoms with Crippen LogP contribution < -0.4 is 0 Å². The zero-order chi connectivity index (χ0) is 12.3. The molecule has 4 nitrogen and oxygen atoms in total. The Bertz CT molecular complexity index is 308. The molecule has 0 N–H and O–H groups in total.